The summed E-state index contributed by atoms with van der Waals surface area (Å²) in [6.45, 7) is 3.50. The van der Waals surface area contributed by atoms with E-state index in [9.17, 15) is 4.79 Å². The number of hydrogen-bond acceptors (Lipinski definition) is 3. The second-order valence-electron chi connectivity index (χ2n) is 5.97. The standard InChI is InChI=1S/C17H26N2O2/c1-13-6-8-16(9-7-13)19-17(20)12-21-11-15-5-3-2-4-14(15)10-18/h6-9,14-15H,2-5,10-12,18H2,1H3,(H,19,20). The minimum absolute atomic E-state index is 0.0982. The van der Waals surface area contributed by atoms with Crippen molar-refractivity contribution in [2.24, 2.45) is 17.6 Å². The van der Waals surface area contributed by atoms with Gasteiger partial charge >= 0.3 is 0 Å². The Labute approximate surface area is 127 Å². The quantitative estimate of drug-likeness (QED) is 0.846. The first-order chi connectivity index (χ1) is 10.2. The molecular weight excluding hydrogens is 264 g/mol. The average molecular weight is 290 g/mol. The SMILES string of the molecule is Cc1ccc(NC(=O)COCC2CCCCC2CN)cc1. The van der Waals surface area contributed by atoms with Gasteiger partial charge in [-0.05, 0) is 50.3 Å². The van der Waals surface area contributed by atoms with Gasteiger partial charge in [-0.1, -0.05) is 30.5 Å². The molecule has 0 aliphatic heterocycles. The molecule has 0 spiro atoms. The molecule has 4 nitrogen and oxygen atoms in total. The van der Waals surface area contributed by atoms with Crippen LogP contribution in [0.4, 0.5) is 5.69 Å². The molecule has 1 amide bonds. The van der Waals surface area contributed by atoms with Crippen LogP contribution < -0.4 is 11.1 Å². The smallest absolute Gasteiger partial charge is 0.250 e. The van der Waals surface area contributed by atoms with Crippen molar-refractivity contribution < 1.29 is 9.53 Å². The van der Waals surface area contributed by atoms with Gasteiger partial charge in [0.1, 0.15) is 6.61 Å². The van der Waals surface area contributed by atoms with Crippen LogP contribution in [0.2, 0.25) is 0 Å². The molecule has 1 saturated carbocycles. The third-order valence-electron chi connectivity index (χ3n) is 4.27. The normalized spacial score (nSPS) is 22.0. The molecule has 0 heterocycles. The number of benzene rings is 1. The van der Waals surface area contributed by atoms with Gasteiger partial charge in [-0.2, -0.15) is 0 Å². The highest BCUT2D eigenvalue weighted by Crippen LogP contribution is 2.29. The zero-order valence-corrected chi connectivity index (χ0v) is 12.8. The number of rotatable bonds is 6. The van der Waals surface area contributed by atoms with Crippen molar-refractivity contribution in [3.05, 3.63) is 29.8 Å². The van der Waals surface area contributed by atoms with Crippen LogP contribution in [-0.2, 0) is 9.53 Å². The van der Waals surface area contributed by atoms with Crippen LogP contribution in [0.5, 0.6) is 0 Å². The van der Waals surface area contributed by atoms with E-state index in [2.05, 4.69) is 5.32 Å². The Morgan fingerprint density at radius 3 is 2.57 bits per heavy atom. The highest BCUT2D eigenvalue weighted by atomic mass is 16.5. The molecule has 4 heteroatoms. The second-order valence-corrected chi connectivity index (χ2v) is 5.97. The van der Waals surface area contributed by atoms with Crippen LogP contribution >= 0.6 is 0 Å². The largest absolute Gasteiger partial charge is 0.371 e. The summed E-state index contributed by atoms with van der Waals surface area (Å²) in [6.07, 6.45) is 4.88. The molecule has 1 aromatic rings. The molecule has 0 bridgehead atoms. The van der Waals surface area contributed by atoms with Gasteiger partial charge in [0.15, 0.2) is 0 Å². The molecule has 1 aromatic carbocycles. The fourth-order valence-corrected chi connectivity index (χ4v) is 2.95. The zero-order chi connectivity index (χ0) is 15.1. The number of aryl methyl sites for hydroxylation is 1. The molecule has 2 atom stereocenters. The van der Waals surface area contributed by atoms with E-state index < -0.39 is 0 Å². The Morgan fingerprint density at radius 2 is 1.90 bits per heavy atom. The van der Waals surface area contributed by atoms with Crippen LogP contribution in [-0.4, -0.2) is 25.7 Å². The molecule has 0 aromatic heterocycles. The molecule has 21 heavy (non-hydrogen) atoms. The Balaban J connectivity index is 1.70. The summed E-state index contributed by atoms with van der Waals surface area (Å²) >= 11 is 0. The van der Waals surface area contributed by atoms with E-state index in [1.165, 1.54) is 31.2 Å². The third-order valence-corrected chi connectivity index (χ3v) is 4.27. The second kappa shape index (κ2) is 8.15. The van der Waals surface area contributed by atoms with Crippen molar-refractivity contribution in [3.63, 3.8) is 0 Å². The van der Waals surface area contributed by atoms with Crippen LogP contribution in [0.15, 0.2) is 24.3 Å². The molecule has 1 aliphatic rings. The lowest BCUT2D eigenvalue weighted by molar-refractivity contribution is -0.121. The van der Waals surface area contributed by atoms with Crippen molar-refractivity contribution in [1.82, 2.24) is 0 Å². The maximum Gasteiger partial charge on any atom is 0.250 e. The predicted molar refractivity (Wildman–Crippen MR) is 85.1 cm³/mol. The molecule has 3 N–H and O–H groups in total. The van der Waals surface area contributed by atoms with Crippen molar-refractivity contribution >= 4 is 11.6 Å². The van der Waals surface area contributed by atoms with Gasteiger partial charge in [0.2, 0.25) is 5.91 Å². The number of anilines is 1. The van der Waals surface area contributed by atoms with Gasteiger partial charge in [0.05, 0.1) is 6.61 Å². The molecule has 2 rings (SSSR count). The van der Waals surface area contributed by atoms with Gasteiger partial charge in [0.25, 0.3) is 0 Å². The number of ether oxygens (including phenoxy) is 1. The summed E-state index contributed by atoms with van der Waals surface area (Å²) in [5.41, 5.74) is 7.79. The van der Waals surface area contributed by atoms with Crippen molar-refractivity contribution in [2.45, 2.75) is 32.6 Å². The highest BCUT2D eigenvalue weighted by Gasteiger charge is 2.24. The molecule has 116 valence electrons. The maximum absolute atomic E-state index is 11.8. The van der Waals surface area contributed by atoms with E-state index >= 15 is 0 Å². The number of nitrogens with one attached hydrogen (secondary N) is 1. The molecule has 2 unspecified atom stereocenters. The lowest BCUT2D eigenvalue weighted by atomic mass is 9.80. The van der Waals surface area contributed by atoms with E-state index in [0.29, 0.717) is 18.4 Å². The summed E-state index contributed by atoms with van der Waals surface area (Å²) in [5.74, 6) is 0.966. The Morgan fingerprint density at radius 1 is 1.24 bits per heavy atom. The Hall–Kier alpha value is -1.39. The first-order valence-electron chi connectivity index (χ1n) is 7.83. The number of hydrogen-bond donors (Lipinski definition) is 2. The van der Waals surface area contributed by atoms with Crippen LogP contribution in [0.3, 0.4) is 0 Å². The lowest BCUT2D eigenvalue weighted by Gasteiger charge is -2.30. The monoisotopic (exact) mass is 290 g/mol. The summed E-state index contributed by atoms with van der Waals surface area (Å²) in [7, 11) is 0. The first-order valence-corrected chi connectivity index (χ1v) is 7.83. The minimum atomic E-state index is -0.0982. The molecule has 1 aliphatic carbocycles. The topological polar surface area (TPSA) is 64.3 Å². The summed E-state index contributed by atoms with van der Waals surface area (Å²) in [6, 6.07) is 7.76. The van der Waals surface area contributed by atoms with E-state index in [1.54, 1.807) is 0 Å². The van der Waals surface area contributed by atoms with Crippen LogP contribution in [0.1, 0.15) is 31.2 Å². The summed E-state index contributed by atoms with van der Waals surface area (Å²) in [4.78, 5) is 11.8. The zero-order valence-electron chi connectivity index (χ0n) is 12.8. The predicted octanol–water partition coefficient (Wildman–Crippen LogP) is 2.72. The number of carbonyl (C=O) groups is 1. The van der Waals surface area contributed by atoms with E-state index in [-0.39, 0.29) is 12.5 Å². The van der Waals surface area contributed by atoms with E-state index in [0.717, 1.165) is 12.2 Å². The van der Waals surface area contributed by atoms with Gasteiger partial charge in [-0.3, -0.25) is 4.79 Å². The van der Waals surface area contributed by atoms with Gasteiger partial charge in [0, 0.05) is 5.69 Å². The van der Waals surface area contributed by atoms with Crippen LogP contribution in [0, 0.1) is 18.8 Å². The average Bonchev–Trinajstić information content (AvgIpc) is 2.50. The van der Waals surface area contributed by atoms with Crippen molar-refractivity contribution in [3.8, 4) is 0 Å². The molecular formula is C17H26N2O2. The van der Waals surface area contributed by atoms with Crippen molar-refractivity contribution in [2.75, 3.05) is 25.1 Å². The number of nitrogens with two attached hydrogens (primary N) is 1. The van der Waals surface area contributed by atoms with Gasteiger partial charge in [-0.25, -0.2) is 0 Å². The Kier molecular flexibility index (Phi) is 6.21. The fourth-order valence-electron chi connectivity index (χ4n) is 2.95. The van der Waals surface area contributed by atoms with E-state index in [4.69, 9.17) is 10.5 Å². The van der Waals surface area contributed by atoms with Crippen molar-refractivity contribution in [1.29, 1.82) is 0 Å². The third kappa shape index (κ3) is 5.14. The number of carbonyl (C=O) groups excluding carboxylic acids is 1. The van der Waals surface area contributed by atoms with Crippen LogP contribution in [0.25, 0.3) is 0 Å². The molecule has 0 radical (unpaired) electrons. The first kappa shape index (κ1) is 16.0. The van der Waals surface area contributed by atoms with Gasteiger partial charge < -0.3 is 15.8 Å². The molecule has 0 saturated heterocycles. The number of amides is 1. The maximum atomic E-state index is 11.8. The van der Waals surface area contributed by atoms with E-state index in [1.807, 2.05) is 31.2 Å². The highest BCUT2D eigenvalue weighted by molar-refractivity contribution is 5.91. The van der Waals surface area contributed by atoms with Gasteiger partial charge in [-0.15, -0.1) is 0 Å². The minimum Gasteiger partial charge on any atom is -0.371 e. The fraction of sp³-hybridized carbons (Fsp3) is 0.588. The molecule has 1 fully saturated rings. The lowest BCUT2D eigenvalue weighted by Crippen LogP contribution is -2.31. The Bertz CT molecular complexity index is 445. The summed E-state index contributed by atoms with van der Waals surface area (Å²) < 4.78 is 5.60. The summed E-state index contributed by atoms with van der Waals surface area (Å²) in [5, 5.41) is 2.84.